The van der Waals surface area contributed by atoms with Crippen molar-refractivity contribution >= 4 is 17.6 Å². The number of aryl methyl sites for hydroxylation is 1. The van der Waals surface area contributed by atoms with E-state index in [0.29, 0.717) is 19.0 Å². The lowest BCUT2D eigenvalue weighted by Gasteiger charge is -2.35. The highest BCUT2D eigenvalue weighted by Gasteiger charge is 2.34. The van der Waals surface area contributed by atoms with Gasteiger partial charge >= 0.3 is 6.18 Å². The number of anilines is 1. The summed E-state index contributed by atoms with van der Waals surface area (Å²) < 4.78 is 46.0. The number of amides is 1. The Hall–Kier alpha value is -3.24. The van der Waals surface area contributed by atoms with Crippen LogP contribution in [0.15, 0.2) is 41.7 Å². The maximum absolute atomic E-state index is 13.0. The van der Waals surface area contributed by atoms with E-state index in [-0.39, 0.29) is 31.4 Å². The normalized spacial score (nSPS) is 15.5. The number of para-hydroxylation sites is 1. The lowest BCUT2D eigenvalue weighted by Crippen LogP contribution is -2.55. The molecule has 1 fully saturated rings. The maximum atomic E-state index is 13.0. The molecule has 1 aromatic carbocycles. The van der Waals surface area contributed by atoms with E-state index in [9.17, 15) is 18.0 Å². The number of nitrogens with zero attached hydrogens (tertiary/aromatic N) is 5. The number of ether oxygens (including phenoxy) is 1. The molecule has 162 valence electrons. The summed E-state index contributed by atoms with van der Waals surface area (Å²) >= 11 is 0. The fraction of sp³-hybridized carbons (Fsp3) is 0.421. The molecule has 30 heavy (non-hydrogen) atoms. The molecular weight excluding hydrogens is 401 g/mol. The van der Waals surface area contributed by atoms with Crippen LogP contribution in [0.1, 0.15) is 5.56 Å². The quantitative estimate of drug-likeness (QED) is 0.450. The van der Waals surface area contributed by atoms with Gasteiger partial charge in [-0.1, -0.05) is 12.1 Å². The minimum atomic E-state index is -4.48. The zero-order chi connectivity index (χ0) is 21.7. The fourth-order valence-corrected chi connectivity index (χ4v) is 3.16. The smallest absolute Gasteiger partial charge is 0.419 e. The van der Waals surface area contributed by atoms with E-state index in [1.807, 2.05) is 0 Å². The third kappa shape index (κ3) is 5.02. The highest BCUT2D eigenvalue weighted by atomic mass is 19.4. The van der Waals surface area contributed by atoms with Crippen molar-refractivity contribution < 1.29 is 22.7 Å². The van der Waals surface area contributed by atoms with Gasteiger partial charge in [-0.25, -0.2) is 0 Å². The van der Waals surface area contributed by atoms with Gasteiger partial charge in [0.2, 0.25) is 5.91 Å². The second-order valence-electron chi connectivity index (χ2n) is 6.66. The number of carbonyl (C=O) groups excluding carboxylic acids is 1. The Morgan fingerprint density at radius 1 is 1.30 bits per heavy atom. The Balaban J connectivity index is 1.51. The van der Waals surface area contributed by atoms with Gasteiger partial charge in [-0.15, -0.1) is 0 Å². The summed E-state index contributed by atoms with van der Waals surface area (Å²) in [5.74, 6) is 0.177. The number of halogens is 3. The van der Waals surface area contributed by atoms with Crippen molar-refractivity contribution in [2.75, 3.05) is 44.7 Å². The molecule has 0 radical (unpaired) electrons. The summed E-state index contributed by atoms with van der Waals surface area (Å²) in [6.07, 6.45) is -1.07. The molecule has 1 N–H and O–H groups in total. The monoisotopic (exact) mass is 424 g/mol. The van der Waals surface area contributed by atoms with Gasteiger partial charge < -0.3 is 19.9 Å². The van der Waals surface area contributed by atoms with Crippen molar-refractivity contribution in [1.29, 1.82) is 0 Å². The van der Waals surface area contributed by atoms with Crippen LogP contribution >= 0.6 is 0 Å². The molecule has 1 aliphatic rings. The molecule has 0 bridgehead atoms. The number of hydrogen-bond donors (Lipinski definition) is 1. The highest BCUT2D eigenvalue weighted by Crippen LogP contribution is 2.35. The minimum absolute atomic E-state index is 0.00963. The first-order valence-corrected chi connectivity index (χ1v) is 9.33. The van der Waals surface area contributed by atoms with Crippen LogP contribution < -0.4 is 15.0 Å². The van der Waals surface area contributed by atoms with Crippen molar-refractivity contribution in [3.8, 4) is 5.75 Å². The molecule has 2 aromatic rings. The van der Waals surface area contributed by atoms with Crippen molar-refractivity contribution in [3.05, 3.63) is 42.2 Å². The predicted octanol–water partition coefficient (Wildman–Crippen LogP) is 1.74. The summed E-state index contributed by atoms with van der Waals surface area (Å²) in [5, 5.41) is 7.11. The van der Waals surface area contributed by atoms with Crippen LogP contribution in [0.3, 0.4) is 0 Å². The molecule has 1 amide bonds. The van der Waals surface area contributed by atoms with Crippen LogP contribution in [0.25, 0.3) is 0 Å². The predicted molar refractivity (Wildman–Crippen MR) is 105 cm³/mol. The second kappa shape index (κ2) is 9.06. The number of carbonyl (C=O) groups is 1. The number of hydrogen-bond acceptors (Lipinski definition) is 4. The number of piperazine rings is 1. The molecule has 0 spiro atoms. The molecule has 0 saturated carbocycles. The molecule has 1 aliphatic heterocycles. The third-order valence-corrected chi connectivity index (χ3v) is 4.57. The average Bonchev–Trinajstić information content (AvgIpc) is 3.13. The molecule has 11 heteroatoms. The Kier molecular flexibility index (Phi) is 6.48. The molecule has 0 aliphatic carbocycles. The van der Waals surface area contributed by atoms with Crippen LogP contribution in [-0.4, -0.2) is 66.4 Å². The first-order chi connectivity index (χ1) is 14.3. The summed E-state index contributed by atoms with van der Waals surface area (Å²) in [7, 11) is 3.37. The number of aliphatic imine (C=N–C) groups is 1. The number of aromatic nitrogens is 2. The topological polar surface area (TPSA) is 75.0 Å². The molecule has 1 saturated heterocycles. The summed E-state index contributed by atoms with van der Waals surface area (Å²) in [4.78, 5) is 20.1. The number of rotatable bonds is 5. The zero-order valence-corrected chi connectivity index (χ0v) is 16.7. The molecule has 0 unspecified atom stereocenters. The second-order valence-corrected chi connectivity index (χ2v) is 6.66. The highest BCUT2D eigenvalue weighted by molar-refractivity contribution is 5.98. The number of benzene rings is 1. The molecule has 2 heterocycles. The number of guanidine groups is 1. The van der Waals surface area contributed by atoms with Crippen molar-refractivity contribution in [1.82, 2.24) is 20.0 Å². The molecule has 3 rings (SSSR count). The maximum Gasteiger partial charge on any atom is 0.419 e. The standard InChI is InChI=1S/C19H23F3N6O2/c1-23-18(24-7-10-30-16-6-4-3-5-15(16)19(20,21)22)27-8-9-28(17(29)13-27)14-11-25-26(2)12-14/h3-6,11-12H,7-10,13H2,1-2H3,(H,23,24). The van der Waals surface area contributed by atoms with Gasteiger partial charge in [0, 0.05) is 33.4 Å². The Morgan fingerprint density at radius 2 is 2.07 bits per heavy atom. The van der Waals surface area contributed by atoms with E-state index in [1.165, 1.54) is 18.2 Å². The van der Waals surface area contributed by atoms with Gasteiger partial charge in [-0.05, 0) is 12.1 Å². The van der Waals surface area contributed by atoms with Crippen LogP contribution in [0.2, 0.25) is 0 Å². The lowest BCUT2D eigenvalue weighted by molar-refractivity contribution is -0.139. The number of alkyl halides is 3. The summed E-state index contributed by atoms with van der Waals surface area (Å²) in [5.41, 5.74) is -0.0756. The van der Waals surface area contributed by atoms with Crippen molar-refractivity contribution in [3.63, 3.8) is 0 Å². The average molecular weight is 424 g/mol. The van der Waals surface area contributed by atoms with Crippen molar-refractivity contribution in [2.24, 2.45) is 12.0 Å². The van der Waals surface area contributed by atoms with E-state index in [4.69, 9.17) is 4.74 Å². The Bertz CT molecular complexity index is 912. The van der Waals surface area contributed by atoms with Gasteiger partial charge in [-0.3, -0.25) is 14.5 Å². The van der Waals surface area contributed by atoms with Gasteiger partial charge in [0.1, 0.15) is 18.9 Å². The minimum Gasteiger partial charge on any atom is -0.491 e. The van der Waals surface area contributed by atoms with Crippen LogP contribution in [-0.2, 0) is 18.0 Å². The van der Waals surface area contributed by atoms with Gasteiger partial charge in [-0.2, -0.15) is 18.3 Å². The number of nitrogens with one attached hydrogen (secondary N) is 1. The first kappa shape index (κ1) is 21.5. The van der Waals surface area contributed by atoms with Crippen molar-refractivity contribution in [2.45, 2.75) is 6.18 Å². The Morgan fingerprint density at radius 3 is 2.70 bits per heavy atom. The van der Waals surface area contributed by atoms with Gasteiger partial charge in [0.15, 0.2) is 5.96 Å². The van der Waals surface area contributed by atoms with Gasteiger partial charge in [0.05, 0.1) is 24.0 Å². The van der Waals surface area contributed by atoms with E-state index in [2.05, 4.69) is 15.4 Å². The van der Waals surface area contributed by atoms with Crippen LogP contribution in [0.5, 0.6) is 5.75 Å². The van der Waals surface area contributed by atoms with E-state index < -0.39 is 11.7 Å². The van der Waals surface area contributed by atoms with E-state index in [0.717, 1.165) is 11.8 Å². The lowest BCUT2D eigenvalue weighted by atomic mass is 10.2. The fourth-order valence-electron chi connectivity index (χ4n) is 3.16. The third-order valence-electron chi connectivity index (χ3n) is 4.57. The summed E-state index contributed by atoms with van der Waals surface area (Å²) in [6.45, 7) is 1.40. The molecular formula is C19H23F3N6O2. The van der Waals surface area contributed by atoms with Crippen LogP contribution in [0, 0.1) is 0 Å². The van der Waals surface area contributed by atoms with Gasteiger partial charge in [0.25, 0.3) is 0 Å². The summed E-state index contributed by atoms with van der Waals surface area (Å²) in [6, 6.07) is 5.07. The first-order valence-electron chi connectivity index (χ1n) is 9.33. The zero-order valence-electron chi connectivity index (χ0n) is 16.7. The SMILES string of the molecule is CN=C(NCCOc1ccccc1C(F)(F)F)N1CCN(c2cnn(C)c2)C(=O)C1. The molecule has 1 aromatic heterocycles. The Labute approximate surface area is 171 Å². The van der Waals surface area contributed by atoms with Crippen LogP contribution in [0.4, 0.5) is 18.9 Å². The van der Waals surface area contributed by atoms with E-state index >= 15 is 0 Å². The molecule has 0 atom stereocenters. The van der Waals surface area contributed by atoms with E-state index in [1.54, 1.807) is 41.0 Å². The molecule has 8 nitrogen and oxygen atoms in total. The largest absolute Gasteiger partial charge is 0.491 e.